The Morgan fingerprint density at radius 1 is 0.889 bits per heavy atom. The van der Waals surface area contributed by atoms with Crippen molar-refractivity contribution in [2.24, 2.45) is 0 Å². The van der Waals surface area contributed by atoms with Gasteiger partial charge in [0, 0.05) is 34.1 Å². The number of carboxylic acid groups (broad SMARTS) is 1. The number of carbonyl (C=O) groups is 4. The monoisotopic (exact) mass is 642 g/mol. The van der Waals surface area contributed by atoms with Crippen molar-refractivity contribution < 1.29 is 34.1 Å². The predicted octanol–water partition coefficient (Wildman–Crippen LogP) is 6.93. The number of aliphatic hydroxyl groups excluding tert-OH is 1. The smallest absolute Gasteiger partial charge is 0.328 e. The van der Waals surface area contributed by atoms with Gasteiger partial charge in [-0.2, -0.15) is 0 Å². The van der Waals surface area contributed by atoms with Gasteiger partial charge in [-0.05, 0) is 53.6 Å². The highest BCUT2D eigenvalue weighted by Gasteiger charge is 2.44. The van der Waals surface area contributed by atoms with Gasteiger partial charge in [-0.15, -0.1) is 0 Å². The fraction of sp³-hybridized carbons (Fsp3) is 0.0588. The van der Waals surface area contributed by atoms with Crippen LogP contribution < -0.4 is 15.0 Å². The van der Waals surface area contributed by atoms with Crippen molar-refractivity contribution in [3.8, 4) is 5.75 Å². The molecule has 0 fully saturated rings. The maximum absolute atomic E-state index is 14.0. The predicted molar refractivity (Wildman–Crippen MR) is 170 cm³/mol. The molecule has 0 bridgehead atoms. The van der Waals surface area contributed by atoms with E-state index >= 15 is 0 Å². The van der Waals surface area contributed by atoms with Gasteiger partial charge < -0.3 is 20.3 Å². The van der Waals surface area contributed by atoms with Crippen LogP contribution in [-0.4, -0.2) is 33.8 Å². The molecule has 1 aliphatic rings. The van der Waals surface area contributed by atoms with Crippen molar-refractivity contribution in [3.05, 3.63) is 147 Å². The number of nitrogens with zero attached hydrogens (tertiary/aromatic N) is 1. The number of carboxylic acids is 1. The summed E-state index contributed by atoms with van der Waals surface area (Å²) in [6, 6.07) is 25.5. The van der Waals surface area contributed by atoms with Crippen molar-refractivity contribution in [3.63, 3.8) is 0 Å². The summed E-state index contributed by atoms with van der Waals surface area (Å²) in [6.07, 6.45) is 1.51. The number of hydrogen-bond acceptors (Lipinski definition) is 6. The van der Waals surface area contributed by atoms with Gasteiger partial charge in [0.2, 0.25) is 5.91 Å². The largest absolute Gasteiger partial charge is 0.503 e. The Labute approximate surface area is 267 Å². The third kappa shape index (κ3) is 7.06. The third-order valence-electron chi connectivity index (χ3n) is 6.84. The third-order valence-corrected chi connectivity index (χ3v) is 7.39. The Morgan fingerprint density at radius 3 is 2.31 bits per heavy atom. The first kappa shape index (κ1) is 31.1. The van der Waals surface area contributed by atoms with Gasteiger partial charge in [-0.3, -0.25) is 19.3 Å². The summed E-state index contributed by atoms with van der Waals surface area (Å²) >= 11 is 12.7. The lowest BCUT2D eigenvalue weighted by molar-refractivity contribution is -0.131. The van der Waals surface area contributed by atoms with E-state index in [0.29, 0.717) is 28.1 Å². The van der Waals surface area contributed by atoms with Crippen LogP contribution >= 0.6 is 23.2 Å². The Hall–Kier alpha value is -5.38. The van der Waals surface area contributed by atoms with E-state index in [9.17, 15) is 24.3 Å². The number of amides is 2. The number of halogens is 2. The van der Waals surface area contributed by atoms with Crippen LogP contribution in [0.4, 0.5) is 11.4 Å². The zero-order valence-electron chi connectivity index (χ0n) is 23.3. The Balaban J connectivity index is 1.48. The number of nitrogens with one attached hydrogen (secondary N) is 1. The maximum Gasteiger partial charge on any atom is 0.328 e. The summed E-state index contributed by atoms with van der Waals surface area (Å²) < 4.78 is 5.87. The zero-order valence-corrected chi connectivity index (χ0v) is 24.8. The molecule has 0 spiro atoms. The molecular formula is C34H24Cl2N2O7. The SMILES string of the molecule is O=C(O)/C=C/C(=O)Nc1cccc(C(=O)C2=C(O)C(=O)N(c3ccc(OCc4ccccc4)c(Cl)c3)C2c2ccc(Cl)cc2)c1. The summed E-state index contributed by atoms with van der Waals surface area (Å²) in [7, 11) is 0. The minimum absolute atomic E-state index is 0.0628. The Morgan fingerprint density at radius 2 is 1.62 bits per heavy atom. The molecule has 0 saturated carbocycles. The number of hydrogen-bond donors (Lipinski definition) is 3. The van der Waals surface area contributed by atoms with Gasteiger partial charge in [0.25, 0.3) is 5.91 Å². The Kier molecular flexibility index (Phi) is 9.32. The molecule has 0 saturated heterocycles. The molecule has 0 radical (unpaired) electrons. The van der Waals surface area contributed by atoms with Crippen LogP contribution in [0.1, 0.15) is 27.5 Å². The number of rotatable bonds is 10. The summed E-state index contributed by atoms with van der Waals surface area (Å²) in [4.78, 5) is 51.6. The fourth-order valence-corrected chi connectivity index (χ4v) is 5.14. The molecule has 4 aromatic rings. The molecule has 11 heteroatoms. The molecule has 45 heavy (non-hydrogen) atoms. The summed E-state index contributed by atoms with van der Waals surface area (Å²) in [5, 5.41) is 23.0. The first-order valence-corrected chi connectivity index (χ1v) is 14.2. The van der Waals surface area contributed by atoms with Crippen LogP contribution in [-0.2, 0) is 21.0 Å². The van der Waals surface area contributed by atoms with Crippen molar-refractivity contribution in [1.82, 2.24) is 0 Å². The normalized spacial score (nSPS) is 14.6. The lowest BCUT2D eigenvalue weighted by atomic mass is 9.92. The van der Waals surface area contributed by atoms with Gasteiger partial charge in [-0.1, -0.05) is 77.8 Å². The summed E-state index contributed by atoms with van der Waals surface area (Å²) in [6.45, 7) is 0.270. The highest BCUT2D eigenvalue weighted by molar-refractivity contribution is 6.32. The van der Waals surface area contributed by atoms with Crippen LogP contribution in [0.5, 0.6) is 5.75 Å². The number of ether oxygens (including phenoxy) is 1. The van der Waals surface area contributed by atoms with E-state index in [2.05, 4.69) is 5.32 Å². The number of aliphatic carboxylic acids is 1. The van der Waals surface area contributed by atoms with E-state index in [-0.39, 0.29) is 28.5 Å². The number of Topliss-reactive ketones (excluding diaryl/α,β-unsaturated/α-hetero) is 1. The molecule has 4 aromatic carbocycles. The number of ketones is 1. The highest BCUT2D eigenvalue weighted by atomic mass is 35.5. The first-order chi connectivity index (χ1) is 21.6. The maximum atomic E-state index is 14.0. The summed E-state index contributed by atoms with van der Waals surface area (Å²) in [5.41, 5.74) is 1.79. The average molecular weight is 643 g/mol. The van der Waals surface area contributed by atoms with E-state index in [1.54, 1.807) is 36.4 Å². The molecule has 3 N–H and O–H groups in total. The standard InChI is InChI=1S/C34H24Cl2N2O7/c35-23-11-9-21(10-12-23)31-30(32(42)22-7-4-8-24(17-22)37-28(39)15-16-29(40)41)33(43)34(44)38(31)25-13-14-27(26(36)18-25)45-19-20-5-2-1-3-6-20/h1-18,31,43H,19H2,(H,37,39)(H,40,41)/b16-15+. The van der Waals surface area contributed by atoms with Crippen LogP contribution in [0.3, 0.4) is 0 Å². The molecule has 1 unspecified atom stereocenters. The second-order valence-electron chi connectivity index (χ2n) is 9.85. The number of aliphatic hydroxyl groups is 1. The van der Waals surface area contributed by atoms with E-state index in [1.807, 2.05) is 30.3 Å². The zero-order chi connectivity index (χ0) is 32.1. The molecule has 226 valence electrons. The Bertz CT molecular complexity index is 1850. The van der Waals surface area contributed by atoms with E-state index in [1.165, 1.54) is 35.2 Å². The van der Waals surface area contributed by atoms with Crippen LogP contribution in [0.2, 0.25) is 10.0 Å². The van der Waals surface area contributed by atoms with Crippen LogP contribution in [0.25, 0.3) is 0 Å². The second kappa shape index (κ2) is 13.5. The topological polar surface area (TPSA) is 133 Å². The lowest BCUT2D eigenvalue weighted by Crippen LogP contribution is -2.31. The molecule has 1 heterocycles. The number of carbonyl (C=O) groups excluding carboxylic acids is 3. The molecule has 5 rings (SSSR count). The average Bonchev–Trinajstić information content (AvgIpc) is 3.29. The first-order valence-electron chi connectivity index (χ1n) is 13.5. The molecule has 1 aliphatic heterocycles. The van der Waals surface area contributed by atoms with Crippen molar-refractivity contribution in [1.29, 1.82) is 0 Å². The van der Waals surface area contributed by atoms with Crippen molar-refractivity contribution in [2.75, 3.05) is 10.2 Å². The van der Waals surface area contributed by atoms with Gasteiger partial charge >= 0.3 is 5.97 Å². The fourth-order valence-electron chi connectivity index (χ4n) is 4.78. The number of anilines is 2. The minimum atomic E-state index is -1.30. The van der Waals surface area contributed by atoms with E-state index in [0.717, 1.165) is 11.6 Å². The van der Waals surface area contributed by atoms with Crippen LogP contribution in [0, 0.1) is 0 Å². The molecule has 0 aliphatic carbocycles. The van der Waals surface area contributed by atoms with Crippen molar-refractivity contribution >= 4 is 58.1 Å². The quantitative estimate of drug-likeness (QED) is 0.126. The molecule has 0 aromatic heterocycles. The van der Waals surface area contributed by atoms with Gasteiger partial charge in [0.1, 0.15) is 12.4 Å². The molecule has 9 nitrogen and oxygen atoms in total. The number of benzene rings is 4. The van der Waals surface area contributed by atoms with Crippen molar-refractivity contribution in [2.45, 2.75) is 12.6 Å². The minimum Gasteiger partial charge on any atom is -0.503 e. The summed E-state index contributed by atoms with van der Waals surface area (Å²) in [5.74, 6) is -3.89. The van der Waals surface area contributed by atoms with Gasteiger partial charge in [-0.25, -0.2) is 4.79 Å². The molecular weight excluding hydrogens is 619 g/mol. The van der Waals surface area contributed by atoms with Gasteiger partial charge in [0.05, 0.1) is 16.6 Å². The van der Waals surface area contributed by atoms with Gasteiger partial charge in [0.15, 0.2) is 11.5 Å². The van der Waals surface area contributed by atoms with E-state index in [4.69, 9.17) is 33.0 Å². The highest BCUT2D eigenvalue weighted by Crippen LogP contribution is 2.44. The van der Waals surface area contributed by atoms with Crippen LogP contribution in [0.15, 0.2) is 121 Å². The lowest BCUT2D eigenvalue weighted by Gasteiger charge is -2.27. The second-order valence-corrected chi connectivity index (χ2v) is 10.7. The van der Waals surface area contributed by atoms with E-state index < -0.39 is 35.4 Å². The molecule has 2 amide bonds. The molecule has 1 atom stereocenters.